The first-order valence-corrected chi connectivity index (χ1v) is 7.91. The van der Waals surface area contributed by atoms with Crippen molar-refractivity contribution in [2.75, 3.05) is 6.26 Å². The van der Waals surface area contributed by atoms with Crippen molar-refractivity contribution in [3.63, 3.8) is 0 Å². The molecule has 0 atom stereocenters. The molecular weight excluding hydrogens is 292 g/mol. The van der Waals surface area contributed by atoms with E-state index >= 15 is 0 Å². The Morgan fingerprint density at radius 1 is 1.19 bits per heavy atom. The molecule has 6 nitrogen and oxygen atoms in total. The maximum absolute atomic E-state index is 12.2. The second kappa shape index (κ2) is 4.78. The first-order chi connectivity index (χ1) is 9.95. The van der Waals surface area contributed by atoms with Crippen LogP contribution >= 0.6 is 0 Å². The molecule has 0 N–H and O–H groups in total. The van der Waals surface area contributed by atoms with Gasteiger partial charge in [-0.2, -0.15) is 4.98 Å². The zero-order valence-corrected chi connectivity index (χ0v) is 11.8. The van der Waals surface area contributed by atoms with E-state index in [9.17, 15) is 13.2 Å². The standard InChI is InChI=1S/C14H10N2O4S/c1-21(18,19)14-15-8-10-7-11(20-13(10)16-14)12(17)9-5-3-2-4-6-9/h2-8H,1H3. The molecule has 7 heteroatoms. The molecule has 3 aromatic rings. The lowest BCUT2D eigenvalue weighted by molar-refractivity contribution is 0.101. The fraction of sp³-hybridized carbons (Fsp3) is 0.0714. The van der Waals surface area contributed by atoms with Crippen LogP contribution in [-0.2, 0) is 9.84 Å². The number of rotatable bonds is 3. The molecule has 0 spiro atoms. The topological polar surface area (TPSA) is 90.1 Å². The van der Waals surface area contributed by atoms with Gasteiger partial charge in [0.2, 0.25) is 26.5 Å². The molecule has 0 amide bonds. The van der Waals surface area contributed by atoms with Crippen molar-refractivity contribution in [3.05, 3.63) is 53.9 Å². The number of hydrogen-bond donors (Lipinski definition) is 0. The second-order valence-electron chi connectivity index (χ2n) is 4.49. The Balaban J connectivity index is 2.08. The number of ketones is 1. The Hall–Kier alpha value is -2.54. The van der Waals surface area contributed by atoms with Gasteiger partial charge in [0, 0.05) is 18.0 Å². The highest BCUT2D eigenvalue weighted by atomic mass is 32.2. The first kappa shape index (κ1) is 13.4. The van der Waals surface area contributed by atoms with Crippen molar-refractivity contribution in [1.82, 2.24) is 9.97 Å². The lowest BCUT2D eigenvalue weighted by atomic mass is 10.1. The average molecular weight is 302 g/mol. The van der Waals surface area contributed by atoms with Crippen LogP contribution < -0.4 is 0 Å². The number of benzene rings is 1. The van der Waals surface area contributed by atoms with Crippen molar-refractivity contribution in [2.45, 2.75) is 5.16 Å². The normalized spacial score (nSPS) is 11.7. The number of carbonyl (C=O) groups is 1. The van der Waals surface area contributed by atoms with Gasteiger partial charge in [-0.3, -0.25) is 4.79 Å². The minimum atomic E-state index is -3.52. The van der Waals surface area contributed by atoms with Crippen LogP contribution in [0.15, 0.2) is 52.2 Å². The van der Waals surface area contributed by atoms with E-state index in [0.29, 0.717) is 10.9 Å². The number of furan rings is 1. The van der Waals surface area contributed by atoms with Crippen LogP contribution in [0, 0.1) is 0 Å². The summed E-state index contributed by atoms with van der Waals surface area (Å²) in [7, 11) is -3.52. The number of carbonyl (C=O) groups excluding carboxylic acids is 1. The van der Waals surface area contributed by atoms with E-state index in [1.807, 2.05) is 0 Å². The van der Waals surface area contributed by atoms with Gasteiger partial charge in [-0.15, -0.1) is 0 Å². The zero-order chi connectivity index (χ0) is 15.0. The van der Waals surface area contributed by atoms with E-state index in [2.05, 4.69) is 9.97 Å². The van der Waals surface area contributed by atoms with Crippen LogP contribution in [0.1, 0.15) is 16.1 Å². The summed E-state index contributed by atoms with van der Waals surface area (Å²) >= 11 is 0. The van der Waals surface area contributed by atoms with E-state index in [1.165, 1.54) is 12.3 Å². The predicted molar refractivity (Wildman–Crippen MR) is 74.8 cm³/mol. The molecule has 0 aliphatic carbocycles. The summed E-state index contributed by atoms with van der Waals surface area (Å²) < 4.78 is 28.2. The molecule has 106 valence electrons. The Morgan fingerprint density at radius 2 is 1.90 bits per heavy atom. The van der Waals surface area contributed by atoms with Gasteiger partial charge in [0.1, 0.15) is 0 Å². The summed E-state index contributed by atoms with van der Waals surface area (Å²) in [6.45, 7) is 0. The zero-order valence-electron chi connectivity index (χ0n) is 11.0. The van der Waals surface area contributed by atoms with Crippen LogP contribution in [0.2, 0.25) is 0 Å². The van der Waals surface area contributed by atoms with E-state index in [1.54, 1.807) is 30.3 Å². The summed E-state index contributed by atoms with van der Waals surface area (Å²) in [6, 6.07) is 10.1. The Bertz CT molecular complexity index is 930. The fourth-order valence-corrected chi connectivity index (χ4v) is 2.33. The molecule has 0 unspecified atom stereocenters. The third-order valence-corrected chi connectivity index (χ3v) is 3.70. The monoisotopic (exact) mass is 302 g/mol. The summed E-state index contributed by atoms with van der Waals surface area (Å²) in [5.74, 6) is -0.203. The quantitative estimate of drug-likeness (QED) is 0.542. The number of sulfone groups is 1. The SMILES string of the molecule is CS(=O)(=O)c1ncc2cc(C(=O)c3ccccc3)oc2n1. The van der Waals surface area contributed by atoms with Gasteiger partial charge in [-0.25, -0.2) is 13.4 Å². The molecule has 1 aromatic carbocycles. The van der Waals surface area contributed by atoms with Crippen LogP contribution in [0.25, 0.3) is 11.1 Å². The third kappa shape index (κ3) is 2.55. The molecule has 0 fully saturated rings. The molecule has 0 aliphatic rings. The average Bonchev–Trinajstić information content (AvgIpc) is 2.89. The minimum absolute atomic E-state index is 0.0738. The van der Waals surface area contributed by atoms with Crippen LogP contribution in [-0.4, -0.2) is 30.4 Å². The van der Waals surface area contributed by atoms with Gasteiger partial charge >= 0.3 is 0 Å². The fourth-order valence-electron chi connectivity index (χ4n) is 1.84. The van der Waals surface area contributed by atoms with E-state index < -0.39 is 9.84 Å². The van der Waals surface area contributed by atoms with E-state index in [4.69, 9.17) is 4.42 Å². The highest BCUT2D eigenvalue weighted by Crippen LogP contribution is 2.20. The van der Waals surface area contributed by atoms with E-state index in [-0.39, 0.29) is 22.4 Å². The highest BCUT2D eigenvalue weighted by molar-refractivity contribution is 7.90. The molecule has 0 aliphatic heterocycles. The van der Waals surface area contributed by atoms with Gasteiger partial charge in [-0.05, 0) is 6.07 Å². The van der Waals surface area contributed by atoms with Crippen LogP contribution in [0.4, 0.5) is 0 Å². The predicted octanol–water partition coefficient (Wildman–Crippen LogP) is 1.86. The van der Waals surface area contributed by atoms with Gasteiger partial charge in [0.05, 0.1) is 5.39 Å². The lowest BCUT2D eigenvalue weighted by Gasteiger charge is -1.95. The molecule has 3 rings (SSSR count). The Labute approximate surface area is 120 Å². The van der Waals surface area contributed by atoms with Gasteiger partial charge in [0.25, 0.3) is 0 Å². The summed E-state index contributed by atoms with van der Waals surface area (Å²) in [5.41, 5.74) is 0.553. The second-order valence-corrected chi connectivity index (χ2v) is 6.40. The molecule has 2 aromatic heterocycles. The number of aromatic nitrogens is 2. The Kier molecular flexibility index (Phi) is 3.06. The molecule has 0 bridgehead atoms. The van der Waals surface area contributed by atoms with Gasteiger partial charge in [0.15, 0.2) is 5.76 Å². The first-order valence-electron chi connectivity index (χ1n) is 6.01. The van der Waals surface area contributed by atoms with E-state index in [0.717, 1.165) is 6.26 Å². The molecule has 0 saturated carbocycles. The summed E-state index contributed by atoms with van der Waals surface area (Å²) in [4.78, 5) is 19.8. The molecule has 2 heterocycles. The summed E-state index contributed by atoms with van der Waals surface area (Å²) in [6.07, 6.45) is 2.33. The van der Waals surface area contributed by atoms with Gasteiger partial charge < -0.3 is 4.42 Å². The molecule has 21 heavy (non-hydrogen) atoms. The molecular formula is C14H10N2O4S. The van der Waals surface area contributed by atoms with Crippen molar-refractivity contribution in [3.8, 4) is 0 Å². The van der Waals surface area contributed by atoms with Crippen LogP contribution in [0.3, 0.4) is 0 Å². The van der Waals surface area contributed by atoms with Crippen molar-refractivity contribution in [1.29, 1.82) is 0 Å². The number of nitrogens with zero attached hydrogens (tertiary/aromatic N) is 2. The molecule has 0 radical (unpaired) electrons. The van der Waals surface area contributed by atoms with Crippen molar-refractivity contribution in [2.24, 2.45) is 0 Å². The van der Waals surface area contributed by atoms with Crippen molar-refractivity contribution < 1.29 is 17.6 Å². The summed E-state index contributed by atoms with van der Waals surface area (Å²) in [5, 5.41) is 0.143. The molecule has 0 saturated heterocycles. The number of fused-ring (bicyclic) bond motifs is 1. The maximum atomic E-state index is 12.2. The Morgan fingerprint density at radius 3 is 2.57 bits per heavy atom. The maximum Gasteiger partial charge on any atom is 0.250 e. The smallest absolute Gasteiger partial charge is 0.250 e. The van der Waals surface area contributed by atoms with Gasteiger partial charge in [-0.1, -0.05) is 30.3 Å². The van der Waals surface area contributed by atoms with Crippen LogP contribution in [0.5, 0.6) is 0 Å². The highest BCUT2D eigenvalue weighted by Gasteiger charge is 2.18. The largest absolute Gasteiger partial charge is 0.434 e. The number of hydrogen-bond acceptors (Lipinski definition) is 6. The lowest BCUT2D eigenvalue weighted by Crippen LogP contribution is -2.02. The van der Waals surface area contributed by atoms with Crippen molar-refractivity contribution >= 4 is 26.7 Å². The third-order valence-electron chi connectivity index (χ3n) is 2.84. The minimum Gasteiger partial charge on any atom is -0.434 e.